The summed E-state index contributed by atoms with van der Waals surface area (Å²) in [5.41, 5.74) is 0.730. The fourth-order valence-corrected chi connectivity index (χ4v) is 1.59. The van der Waals surface area contributed by atoms with Gasteiger partial charge in [-0.05, 0) is 36.2 Å². The Morgan fingerprint density at radius 2 is 1.94 bits per heavy atom. The number of hydrogen-bond donors (Lipinski definition) is 1. The normalized spacial score (nSPS) is 12.6. The first kappa shape index (κ1) is 10.9. The number of furan rings is 1. The molecule has 1 aromatic carbocycles. The smallest absolute Gasteiger partial charge is 0.123 e. The van der Waals surface area contributed by atoms with Gasteiger partial charge >= 0.3 is 0 Å². The van der Waals surface area contributed by atoms with Crippen LogP contribution in [0.2, 0.25) is 0 Å². The summed E-state index contributed by atoms with van der Waals surface area (Å²) in [5.74, 6) is 0.558. The van der Waals surface area contributed by atoms with Gasteiger partial charge in [-0.2, -0.15) is 0 Å². The third-order valence-electron chi connectivity index (χ3n) is 2.50. The van der Waals surface area contributed by atoms with Crippen molar-refractivity contribution in [3.63, 3.8) is 0 Å². The highest BCUT2D eigenvalue weighted by Gasteiger charge is 2.08. The van der Waals surface area contributed by atoms with Crippen LogP contribution in [0.1, 0.15) is 23.8 Å². The minimum absolute atomic E-state index is 0.290. The van der Waals surface area contributed by atoms with E-state index >= 15 is 0 Å². The molecule has 1 heterocycles. The van der Waals surface area contributed by atoms with Gasteiger partial charge in [0.05, 0.1) is 12.4 Å². The van der Waals surface area contributed by atoms with Crippen LogP contribution in [0.15, 0.2) is 47.1 Å². The Kier molecular flexibility index (Phi) is 3.37. The molecule has 1 atom stereocenters. The van der Waals surface area contributed by atoms with Gasteiger partial charge in [0, 0.05) is 6.42 Å². The lowest BCUT2D eigenvalue weighted by molar-refractivity contribution is 0.165. The third kappa shape index (κ3) is 2.70. The SMILES string of the molecule is OC(CCc1ccco1)c1ccc(F)cc1. The second-order valence-electron chi connectivity index (χ2n) is 3.69. The van der Waals surface area contributed by atoms with Crippen LogP contribution in [0.5, 0.6) is 0 Å². The molecule has 0 aliphatic heterocycles. The number of halogens is 1. The zero-order valence-corrected chi connectivity index (χ0v) is 8.77. The highest BCUT2D eigenvalue weighted by molar-refractivity contribution is 5.18. The fourth-order valence-electron chi connectivity index (χ4n) is 1.59. The van der Waals surface area contributed by atoms with Gasteiger partial charge in [0.15, 0.2) is 0 Å². The summed E-state index contributed by atoms with van der Waals surface area (Å²) in [6, 6.07) is 9.60. The predicted molar refractivity (Wildman–Crippen MR) is 58.4 cm³/mol. The maximum Gasteiger partial charge on any atom is 0.123 e. The largest absolute Gasteiger partial charge is 0.469 e. The minimum atomic E-state index is -0.578. The molecule has 0 amide bonds. The molecular weight excluding hydrogens is 207 g/mol. The third-order valence-corrected chi connectivity index (χ3v) is 2.50. The average molecular weight is 220 g/mol. The summed E-state index contributed by atoms with van der Waals surface area (Å²) in [4.78, 5) is 0. The second-order valence-corrected chi connectivity index (χ2v) is 3.69. The van der Waals surface area contributed by atoms with Crippen LogP contribution in [0.4, 0.5) is 4.39 Å². The van der Waals surface area contributed by atoms with Gasteiger partial charge in [-0.1, -0.05) is 12.1 Å². The number of benzene rings is 1. The molecule has 2 rings (SSSR count). The Morgan fingerprint density at radius 1 is 1.19 bits per heavy atom. The molecule has 2 nitrogen and oxygen atoms in total. The van der Waals surface area contributed by atoms with Crippen molar-refractivity contribution in [3.05, 3.63) is 59.8 Å². The molecule has 0 bridgehead atoms. The van der Waals surface area contributed by atoms with E-state index in [-0.39, 0.29) is 5.82 Å². The van der Waals surface area contributed by atoms with Crippen molar-refractivity contribution >= 4 is 0 Å². The summed E-state index contributed by atoms with van der Waals surface area (Å²) >= 11 is 0. The molecule has 16 heavy (non-hydrogen) atoms. The average Bonchev–Trinajstić information content (AvgIpc) is 2.80. The van der Waals surface area contributed by atoms with Gasteiger partial charge in [-0.25, -0.2) is 4.39 Å². The summed E-state index contributed by atoms with van der Waals surface area (Å²) in [6.45, 7) is 0. The number of rotatable bonds is 4. The highest BCUT2D eigenvalue weighted by Crippen LogP contribution is 2.19. The Hall–Kier alpha value is -1.61. The molecule has 0 spiro atoms. The van der Waals surface area contributed by atoms with Crippen molar-refractivity contribution in [1.82, 2.24) is 0 Å². The maximum absolute atomic E-state index is 12.7. The summed E-state index contributed by atoms with van der Waals surface area (Å²) in [6.07, 6.45) is 2.27. The monoisotopic (exact) mass is 220 g/mol. The Balaban J connectivity index is 1.93. The second kappa shape index (κ2) is 4.94. The molecule has 2 aromatic rings. The molecule has 1 N–H and O–H groups in total. The number of aliphatic hydroxyl groups excluding tert-OH is 1. The summed E-state index contributed by atoms with van der Waals surface area (Å²) < 4.78 is 17.8. The lowest BCUT2D eigenvalue weighted by Crippen LogP contribution is -1.99. The molecule has 0 radical (unpaired) electrons. The van der Waals surface area contributed by atoms with Crippen LogP contribution >= 0.6 is 0 Å². The fraction of sp³-hybridized carbons (Fsp3) is 0.231. The minimum Gasteiger partial charge on any atom is -0.469 e. The van der Waals surface area contributed by atoms with Crippen LogP contribution in [0, 0.1) is 5.82 Å². The van der Waals surface area contributed by atoms with Crippen molar-refractivity contribution in [2.75, 3.05) is 0 Å². The highest BCUT2D eigenvalue weighted by atomic mass is 19.1. The Morgan fingerprint density at radius 3 is 2.56 bits per heavy atom. The molecule has 0 aliphatic rings. The standard InChI is InChI=1S/C13H13FO2/c14-11-5-3-10(4-6-11)13(15)8-7-12-2-1-9-16-12/h1-6,9,13,15H,7-8H2. The lowest BCUT2D eigenvalue weighted by atomic mass is 10.0. The van der Waals surface area contributed by atoms with E-state index in [9.17, 15) is 9.50 Å². The zero-order valence-electron chi connectivity index (χ0n) is 8.77. The lowest BCUT2D eigenvalue weighted by Gasteiger charge is -2.09. The van der Waals surface area contributed by atoms with Crippen LogP contribution < -0.4 is 0 Å². The number of aryl methyl sites for hydroxylation is 1. The first-order chi connectivity index (χ1) is 7.75. The molecule has 0 saturated carbocycles. The van der Waals surface area contributed by atoms with Gasteiger partial charge in [0.1, 0.15) is 11.6 Å². The molecule has 1 unspecified atom stereocenters. The first-order valence-electron chi connectivity index (χ1n) is 5.21. The summed E-state index contributed by atoms with van der Waals surface area (Å²) in [5, 5.41) is 9.85. The molecule has 84 valence electrons. The van der Waals surface area contributed by atoms with E-state index < -0.39 is 6.10 Å². The molecule has 0 aliphatic carbocycles. The zero-order chi connectivity index (χ0) is 11.4. The van der Waals surface area contributed by atoms with Gasteiger partial charge in [0.25, 0.3) is 0 Å². The molecule has 0 saturated heterocycles. The van der Waals surface area contributed by atoms with Gasteiger partial charge < -0.3 is 9.52 Å². The van der Waals surface area contributed by atoms with Crippen LogP contribution in [0.3, 0.4) is 0 Å². The van der Waals surface area contributed by atoms with Crippen molar-refractivity contribution in [1.29, 1.82) is 0 Å². The van der Waals surface area contributed by atoms with E-state index in [0.717, 1.165) is 11.3 Å². The Bertz CT molecular complexity index is 420. The van der Waals surface area contributed by atoms with Gasteiger partial charge in [-0.3, -0.25) is 0 Å². The van der Waals surface area contributed by atoms with E-state index in [1.54, 1.807) is 18.4 Å². The van der Waals surface area contributed by atoms with Crippen LogP contribution in [-0.2, 0) is 6.42 Å². The van der Waals surface area contributed by atoms with Gasteiger partial charge in [0.2, 0.25) is 0 Å². The molecule has 1 aromatic heterocycles. The predicted octanol–water partition coefficient (Wildman–Crippen LogP) is 3.08. The number of aliphatic hydroxyl groups is 1. The summed E-state index contributed by atoms with van der Waals surface area (Å²) in [7, 11) is 0. The molecule has 3 heteroatoms. The van der Waals surface area contributed by atoms with E-state index in [2.05, 4.69) is 0 Å². The van der Waals surface area contributed by atoms with Crippen LogP contribution in [-0.4, -0.2) is 5.11 Å². The molecule has 0 fully saturated rings. The van der Waals surface area contributed by atoms with E-state index in [4.69, 9.17) is 4.42 Å². The number of hydrogen-bond acceptors (Lipinski definition) is 2. The van der Waals surface area contributed by atoms with Crippen molar-refractivity contribution in [2.24, 2.45) is 0 Å². The van der Waals surface area contributed by atoms with Crippen molar-refractivity contribution in [3.8, 4) is 0 Å². The quantitative estimate of drug-likeness (QED) is 0.858. The van der Waals surface area contributed by atoms with E-state index in [1.807, 2.05) is 12.1 Å². The maximum atomic E-state index is 12.7. The van der Waals surface area contributed by atoms with Crippen molar-refractivity contribution < 1.29 is 13.9 Å². The van der Waals surface area contributed by atoms with E-state index in [1.165, 1.54) is 12.1 Å². The van der Waals surface area contributed by atoms with Crippen molar-refractivity contribution in [2.45, 2.75) is 18.9 Å². The molecular formula is C13H13FO2. The van der Waals surface area contributed by atoms with Crippen LogP contribution in [0.25, 0.3) is 0 Å². The topological polar surface area (TPSA) is 33.4 Å². The van der Waals surface area contributed by atoms with E-state index in [0.29, 0.717) is 12.8 Å². The van der Waals surface area contributed by atoms with Gasteiger partial charge in [-0.15, -0.1) is 0 Å². The first-order valence-corrected chi connectivity index (χ1v) is 5.21. The Labute approximate surface area is 93.3 Å².